The van der Waals surface area contributed by atoms with Crippen LogP contribution in [0, 0.1) is 0 Å². The van der Waals surface area contributed by atoms with Crippen LogP contribution in [0.25, 0.3) is 27.5 Å². The van der Waals surface area contributed by atoms with Crippen molar-refractivity contribution in [3.05, 3.63) is 84.5 Å². The number of anilines is 1. The first-order chi connectivity index (χ1) is 11.7. The van der Waals surface area contributed by atoms with Crippen molar-refractivity contribution >= 4 is 22.0 Å². The van der Waals surface area contributed by atoms with Crippen LogP contribution in [0.3, 0.4) is 0 Å². The summed E-state index contributed by atoms with van der Waals surface area (Å²) >= 11 is 0. The van der Waals surface area contributed by atoms with Gasteiger partial charge in [-0.25, -0.2) is 0 Å². The molecule has 0 heterocycles. The highest BCUT2D eigenvalue weighted by Gasteiger charge is 2.03. The molecule has 0 saturated carbocycles. The molecule has 24 heavy (non-hydrogen) atoms. The third-order valence-electron chi connectivity index (χ3n) is 4.26. The van der Waals surface area contributed by atoms with Crippen molar-refractivity contribution in [2.45, 2.75) is 20.3 Å². The Balaban J connectivity index is 2.05. The average molecular weight is 313 g/mol. The van der Waals surface area contributed by atoms with Crippen LogP contribution in [0.5, 0.6) is 0 Å². The van der Waals surface area contributed by atoms with Crippen LogP contribution in [0.15, 0.2) is 78.9 Å². The van der Waals surface area contributed by atoms with Crippen molar-refractivity contribution in [3.63, 3.8) is 0 Å². The van der Waals surface area contributed by atoms with Crippen LogP contribution < -0.4 is 5.73 Å². The fourth-order valence-corrected chi connectivity index (χ4v) is 2.89. The molecule has 3 aromatic carbocycles. The molecule has 0 bridgehead atoms. The zero-order chi connectivity index (χ0) is 16.9. The minimum Gasteiger partial charge on any atom is -0.399 e. The summed E-state index contributed by atoms with van der Waals surface area (Å²) in [6.45, 7) is 4.24. The Morgan fingerprint density at radius 3 is 2.29 bits per heavy atom. The average Bonchev–Trinajstić information content (AvgIpc) is 2.62. The van der Waals surface area contributed by atoms with Gasteiger partial charge >= 0.3 is 0 Å². The quantitative estimate of drug-likeness (QED) is 0.434. The van der Waals surface area contributed by atoms with Crippen molar-refractivity contribution in [1.29, 1.82) is 0 Å². The summed E-state index contributed by atoms with van der Waals surface area (Å²) in [5.41, 5.74) is 11.5. The standard InChI is InChI=1S/C23H23N/c1-3-5-6-17(4-2)20-9-7-19-8-10-21(16-22(19)15-20)18-11-13-23(24)14-12-18/h4-16H,3,24H2,1-2H3/b6-5-,17-4+. The Labute approximate surface area is 144 Å². The molecule has 0 saturated heterocycles. The predicted molar refractivity (Wildman–Crippen MR) is 107 cm³/mol. The fraction of sp³-hybridized carbons (Fsp3) is 0.130. The van der Waals surface area contributed by atoms with Crippen LogP contribution >= 0.6 is 0 Å². The summed E-state index contributed by atoms with van der Waals surface area (Å²) in [4.78, 5) is 0. The van der Waals surface area contributed by atoms with E-state index in [9.17, 15) is 0 Å². The number of fused-ring (bicyclic) bond motifs is 1. The zero-order valence-electron chi connectivity index (χ0n) is 14.3. The summed E-state index contributed by atoms with van der Waals surface area (Å²) in [5.74, 6) is 0. The molecule has 3 rings (SSSR count). The number of rotatable bonds is 4. The summed E-state index contributed by atoms with van der Waals surface area (Å²) in [6.07, 6.45) is 7.61. The lowest BCUT2D eigenvalue weighted by atomic mass is 9.97. The van der Waals surface area contributed by atoms with Gasteiger partial charge < -0.3 is 5.73 Å². The lowest BCUT2D eigenvalue weighted by Crippen LogP contribution is -1.85. The van der Waals surface area contributed by atoms with Crippen LogP contribution in [-0.2, 0) is 0 Å². The normalized spacial score (nSPS) is 12.2. The van der Waals surface area contributed by atoms with Gasteiger partial charge in [-0.05, 0) is 70.6 Å². The molecule has 0 atom stereocenters. The van der Waals surface area contributed by atoms with Gasteiger partial charge in [0, 0.05) is 5.69 Å². The highest BCUT2D eigenvalue weighted by molar-refractivity contribution is 5.91. The maximum atomic E-state index is 5.79. The number of nitrogen functional groups attached to an aromatic ring is 1. The minimum atomic E-state index is 0.794. The third kappa shape index (κ3) is 3.41. The molecule has 0 aliphatic rings. The van der Waals surface area contributed by atoms with E-state index in [4.69, 9.17) is 5.73 Å². The molecule has 0 spiro atoms. The predicted octanol–water partition coefficient (Wildman–Crippen LogP) is 6.46. The Morgan fingerprint density at radius 2 is 1.58 bits per heavy atom. The van der Waals surface area contributed by atoms with E-state index in [1.807, 2.05) is 12.1 Å². The number of benzene rings is 3. The van der Waals surface area contributed by atoms with Gasteiger partial charge in [-0.2, -0.15) is 0 Å². The molecule has 0 amide bonds. The van der Waals surface area contributed by atoms with E-state index in [1.54, 1.807) is 0 Å². The second-order valence-electron chi connectivity index (χ2n) is 5.95. The molecular weight excluding hydrogens is 290 g/mol. The van der Waals surface area contributed by atoms with E-state index < -0.39 is 0 Å². The number of hydrogen-bond acceptors (Lipinski definition) is 1. The van der Waals surface area contributed by atoms with Gasteiger partial charge in [-0.15, -0.1) is 0 Å². The minimum absolute atomic E-state index is 0.794. The summed E-state index contributed by atoms with van der Waals surface area (Å²) in [5, 5.41) is 2.51. The van der Waals surface area contributed by atoms with Crippen LogP contribution in [0.2, 0.25) is 0 Å². The maximum absolute atomic E-state index is 5.79. The molecule has 0 unspecified atom stereocenters. The van der Waals surface area contributed by atoms with Crippen molar-refractivity contribution in [3.8, 4) is 11.1 Å². The number of hydrogen-bond donors (Lipinski definition) is 1. The van der Waals surface area contributed by atoms with E-state index in [-0.39, 0.29) is 0 Å². The summed E-state index contributed by atoms with van der Waals surface area (Å²) in [7, 11) is 0. The van der Waals surface area contributed by atoms with Gasteiger partial charge in [0.2, 0.25) is 0 Å². The number of nitrogens with two attached hydrogens (primary N) is 1. The highest BCUT2D eigenvalue weighted by Crippen LogP contribution is 2.28. The molecule has 1 heteroatoms. The van der Waals surface area contributed by atoms with Crippen molar-refractivity contribution in [2.75, 3.05) is 5.73 Å². The van der Waals surface area contributed by atoms with Crippen molar-refractivity contribution < 1.29 is 0 Å². The summed E-state index contributed by atoms with van der Waals surface area (Å²) < 4.78 is 0. The van der Waals surface area contributed by atoms with Crippen LogP contribution in [0.4, 0.5) is 5.69 Å². The largest absolute Gasteiger partial charge is 0.399 e. The Bertz CT molecular complexity index is 899. The SMILES string of the molecule is C/C=C(\C=C/CC)c1ccc2ccc(-c3ccc(N)cc3)cc2c1. The van der Waals surface area contributed by atoms with E-state index in [1.165, 1.54) is 33.0 Å². The van der Waals surface area contributed by atoms with E-state index >= 15 is 0 Å². The topological polar surface area (TPSA) is 26.0 Å². The Morgan fingerprint density at radius 1 is 0.875 bits per heavy atom. The van der Waals surface area contributed by atoms with Gasteiger partial charge in [-0.3, -0.25) is 0 Å². The fourth-order valence-electron chi connectivity index (χ4n) is 2.89. The lowest BCUT2D eigenvalue weighted by molar-refractivity contribution is 1.22. The Hall–Kier alpha value is -2.80. The van der Waals surface area contributed by atoms with Crippen LogP contribution in [-0.4, -0.2) is 0 Å². The van der Waals surface area contributed by atoms with Gasteiger partial charge in [0.05, 0.1) is 0 Å². The first-order valence-electron chi connectivity index (χ1n) is 8.44. The third-order valence-corrected chi connectivity index (χ3v) is 4.26. The molecule has 120 valence electrons. The second kappa shape index (κ2) is 7.18. The first kappa shape index (κ1) is 16.1. The zero-order valence-corrected chi connectivity index (χ0v) is 14.3. The number of allylic oxidation sites excluding steroid dienone is 4. The maximum Gasteiger partial charge on any atom is 0.0314 e. The molecule has 2 N–H and O–H groups in total. The second-order valence-corrected chi connectivity index (χ2v) is 5.95. The van der Waals surface area contributed by atoms with E-state index in [0.717, 1.165) is 12.1 Å². The lowest BCUT2D eigenvalue weighted by Gasteiger charge is -2.08. The van der Waals surface area contributed by atoms with Gasteiger partial charge in [0.25, 0.3) is 0 Å². The molecule has 0 aliphatic heterocycles. The molecular formula is C23H23N. The van der Waals surface area contributed by atoms with Gasteiger partial charge in [0.15, 0.2) is 0 Å². The van der Waals surface area contributed by atoms with E-state index in [2.05, 4.69) is 80.6 Å². The van der Waals surface area contributed by atoms with Gasteiger partial charge in [-0.1, -0.05) is 61.5 Å². The molecule has 0 aliphatic carbocycles. The molecule has 1 nitrogen and oxygen atoms in total. The highest BCUT2D eigenvalue weighted by atomic mass is 14.5. The van der Waals surface area contributed by atoms with Crippen LogP contribution in [0.1, 0.15) is 25.8 Å². The molecule has 0 fully saturated rings. The molecule has 0 radical (unpaired) electrons. The molecule has 3 aromatic rings. The van der Waals surface area contributed by atoms with E-state index in [0.29, 0.717) is 0 Å². The van der Waals surface area contributed by atoms with Crippen molar-refractivity contribution in [1.82, 2.24) is 0 Å². The van der Waals surface area contributed by atoms with Gasteiger partial charge in [0.1, 0.15) is 0 Å². The summed E-state index contributed by atoms with van der Waals surface area (Å²) in [6, 6.07) is 21.3. The smallest absolute Gasteiger partial charge is 0.0314 e. The Kier molecular flexibility index (Phi) is 4.81. The monoisotopic (exact) mass is 313 g/mol. The molecule has 0 aromatic heterocycles. The van der Waals surface area contributed by atoms with Crippen molar-refractivity contribution in [2.24, 2.45) is 0 Å². The first-order valence-corrected chi connectivity index (χ1v) is 8.44.